The van der Waals surface area contributed by atoms with E-state index in [9.17, 15) is 13.2 Å². The maximum atomic E-state index is 14.8. The Morgan fingerprint density at radius 3 is 1.87 bits per heavy atom. The van der Waals surface area contributed by atoms with Gasteiger partial charge < -0.3 is 4.74 Å². The molecule has 3 aliphatic rings. The molecule has 0 atom stereocenters. The van der Waals surface area contributed by atoms with E-state index in [-0.39, 0.29) is 18.1 Å². The van der Waals surface area contributed by atoms with E-state index in [1.54, 1.807) is 12.1 Å². The van der Waals surface area contributed by atoms with Gasteiger partial charge in [-0.2, -0.15) is 8.78 Å². The molecule has 0 radical (unpaired) electrons. The highest BCUT2D eigenvalue weighted by molar-refractivity contribution is 5.31. The SMILES string of the molecule is CCCCCC1CCC(C2CCC(CCC(F)(F)Oc3ccc(C4CCC(CC)CC4)c(F)c3)CC2)CC1. The topological polar surface area (TPSA) is 9.23 Å². The van der Waals surface area contributed by atoms with Crippen LogP contribution in [0.2, 0.25) is 0 Å². The number of halogens is 3. The summed E-state index contributed by atoms with van der Waals surface area (Å²) in [5, 5.41) is 0. The molecule has 4 heteroatoms. The maximum Gasteiger partial charge on any atom is 0.397 e. The Labute approximate surface area is 230 Å². The number of unbranched alkanes of at least 4 members (excludes halogenated alkanes) is 2. The van der Waals surface area contributed by atoms with Gasteiger partial charge in [-0.1, -0.05) is 77.7 Å². The summed E-state index contributed by atoms with van der Waals surface area (Å²) in [4.78, 5) is 0. The van der Waals surface area contributed by atoms with Crippen LogP contribution in [-0.2, 0) is 0 Å². The Hall–Kier alpha value is -1.19. The van der Waals surface area contributed by atoms with Gasteiger partial charge in [0.2, 0.25) is 0 Å². The number of ether oxygens (including phenoxy) is 1. The molecule has 0 amide bonds. The Kier molecular flexibility index (Phi) is 11.3. The fourth-order valence-corrected chi connectivity index (χ4v) is 7.96. The molecule has 1 nitrogen and oxygen atoms in total. The Bertz CT molecular complexity index is 815. The van der Waals surface area contributed by atoms with Crippen molar-refractivity contribution in [1.29, 1.82) is 0 Å². The van der Waals surface area contributed by atoms with Crippen molar-refractivity contribution in [3.8, 4) is 5.75 Å². The summed E-state index contributed by atoms with van der Waals surface area (Å²) in [5.41, 5.74) is 0.664. The third-order valence-corrected chi connectivity index (χ3v) is 10.6. The van der Waals surface area contributed by atoms with Crippen molar-refractivity contribution >= 4 is 0 Å². The van der Waals surface area contributed by atoms with E-state index >= 15 is 0 Å². The van der Waals surface area contributed by atoms with Crippen LogP contribution in [0.15, 0.2) is 18.2 Å². The average molecular weight is 535 g/mol. The average Bonchev–Trinajstić information content (AvgIpc) is 2.93. The highest BCUT2D eigenvalue weighted by Crippen LogP contribution is 2.44. The number of hydrogen-bond donors (Lipinski definition) is 0. The highest BCUT2D eigenvalue weighted by atomic mass is 19.3. The quantitative estimate of drug-likeness (QED) is 0.242. The van der Waals surface area contributed by atoms with Crippen LogP contribution in [0.4, 0.5) is 13.2 Å². The second-order valence-corrected chi connectivity index (χ2v) is 13.1. The molecule has 216 valence electrons. The van der Waals surface area contributed by atoms with Crippen LogP contribution in [0.25, 0.3) is 0 Å². The van der Waals surface area contributed by atoms with Crippen LogP contribution >= 0.6 is 0 Å². The van der Waals surface area contributed by atoms with E-state index in [0.29, 0.717) is 17.9 Å². The van der Waals surface area contributed by atoms with Crippen LogP contribution in [0.5, 0.6) is 5.75 Å². The zero-order valence-electron chi connectivity index (χ0n) is 24.2. The third kappa shape index (κ3) is 8.65. The molecule has 3 saturated carbocycles. The monoisotopic (exact) mass is 534 g/mol. The molecule has 38 heavy (non-hydrogen) atoms. The molecule has 0 spiro atoms. The van der Waals surface area contributed by atoms with E-state index in [2.05, 4.69) is 13.8 Å². The van der Waals surface area contributed by atoms with Crippen molar-refractivity contribution in [2.45, 2.75) is 148 Å². The van der Waals surface area contributed by atoms with Gasteiger partial charge in [-0.3, -0.25) is 0 Å². The minimum Gasteiger partial charge on any atom is -0.432 e. The number of rotatable bonds is 12. The zero-order valence-corrected chi connectivity index (χ0v) is 24.2. The lowest BCUT2D eigenvalue weighted by Crippen LogP contribution is -2.28. The molecule has 0 bridgehead atoms. The van der Waals surface area contributed by atoms with Crippen LogP contribution in [0.3, 0.4) is 0 Å². The predicted octanol–water partition coefficient (Wildman–Crippen LogP) is 11.5. The van der Waals surface area contributed by atoms with Gasteiger partial charge in [-0.05, 0) is 105 Å². The van der Waals surface area contributed by atoms with Crippen LogP contribution in [0, 0.1) is 35.4 Å². The Morgan fingerprint density at radius 1 is 0.737 bits per heavy atom. The molecule has 0 saturated heterocycles. The van der Waals surface area contributed by atoms with Crippen LogP contribution in [-0.4, -0.2) is 6.11 Å². The second-order valence-electron chi connectivity index (χ2n) is 13.1. The first kappa shape index (κ1) is 29.8. The maximum absolute atomic E-state index is 14.8. The van der Waals surface area contributed by atoms with Crippen molar-refractivity contribution in [3.05, 3.63) is 29.6 Å². The molecule has 1 aromatic carbocycles. The Balaban J connectivity index is 1.16. The molecular weight excluding hydrogens is 481 g/mol. The summed E-state index contributed by atoms with van der Waals surface area (Å²) in [6.45, 7) is 4.49. The van der Waals surface area contributed by atoms with Crippen molar-refractivity contribution in [2.75, 3.05) is 0 Å². The summed E-state index contributed by atoms with van der Waals surface area (Å²) in [6.07, 6.45) is 18.0. The van der Waals surface area contributed by atoms with Gasteiger partial charge in [0.25, 0.3) is 0 Å². The summed E-state index contributed by atoms with van der Waals surface area (Å²) in [7, 11) is 0. The first-order valence-corrected chi connectivity index (χ1v) is 16.2. The van der Waals surface area contributed by atoms with Gasteiger partial charge >= 0.3 is 6.11 Å². The summed E-state index contributed by atoms with van der Waals surface area (Å²) >= 11 is 0. The first-order valence-electron chi connectivity index (χ1n) is 16.2. The van der Waals surface area contributed by atoms with Gasteiger partial charge in [0.05, 0.1) is 6.42 Å². The van der Waals surface area contributed by atoms with Gasteiger partial charge in [0.15, 0.2) is 0 Å². The molecule has 4 rings (SSSR count). The largest absolute Gasteiger partial charge is 0.432 e. The summed E-state index contributed by atoms with van der Waals surface area (Å²) < 4.78 is 49.3. The summed E-state index contributed by atoms with van der Waals surface area (Å²) in [5.74, 6) is 3.47. The molecule has 1 aromatic rings. The molecule has 0 N–H and O–H groups in total. The molecule has 0 heterocycles. The van der Waals surface area contributed by atoms with Gasteiger partial charge in [-0.15, -0.1) is 0 Å². The number of alkyl halides is 2. The van der Waals surface area contributed by atoms with E-state index < -0.39 is 11.9 Å². The minimum absolute atomic E-state index is 0.0486. The molecular formula is C34H53F3O. The molecule has 3 aliphatic carbocycles. The van der Waals surface area contributed by atoms with Crippen molar-refractivity contribution in [1.82, 2.24) is 0 Å². The summed E-state index contributed by atoms with van der Waals surface area (Å²) in [6, 6.07) is 4.40. The number of hydrogen-bond acceptors (Lipinski definition) is 1. The molecule has 0 aromatic heterocycles. The zero-order chi connectivity index (χ0) is 27.0. The fraction of sp³-hybridized carbons (Fsp3) is 0.824. The lowest BCUT2D eigenvalue weighted by molar-refractivity contribution is -0.183. The van der Waals surface area contributed by atoms with E-state index in [0.717, 1.165) is 62.2 Å². The van der Waals surface area contributed by atoms with Crippen LogP contribution in [0.1, 0.15) is 147 Å². The number of benzene rings is 1. The van der Waals surface area contributed by atoms with Gasteiger partial charge in [0.1, 0.15) is 11.6 Å². The first-order chi connectivity index (χ1) is 18.4. The van der Waals surface area contributed by atoms with E-state index in [1.807, 2.05) is 0 Å². The normalized spacial score (nSPS) is 30.8. The van der Waals surface area contributed by atoms with Crippen molar-refractivity contribution in [2.24, 2.45) is 29.6 Å². The highest BCUT2D eigenvalue weighted by Gasteiger charge is 2.35. The molecule has 0 unspecified atom stereocenters. The lowest BCUT2D eigenvalue weighted by atomic mass is 9.68. The van der Waals surface area contributed by atoms with Crippen LogP contribution < -0.4 is 4.74 Å². The van der Waals surface area contributed by atoms with Gasteiger partial charge in [0, 0.05) is 6.07 Å². The third-order valence-electron chi connectivity index (χ3n) is 10.6. The van der Waals surface area contributed by atoms with E-state index in [1.165, 1.54) is 76.7 Å². The fourth-order valence-electron chi connectivity index (χ4n) is 7.96. The second kappa shape index (κ2) is 14.4. The smallest absolute Gasteiger partial charge is 0.397 e. The van der Waals surface area contributed by atoms with Crippen molar-refractivity contribution < 1.29 is 17.9 Å². The van der Waals surface area contributed by atoms with E-state index in [4.69, 9.17) is 4.74 Å². The molecule has 3 fully saturated rings. The van der Waals surface area contributed by atoms with Crippen molar-refractivity contribution in [3.63, 3.8) is 0 Å². The minimum atomic E-state index is -3.25. The Morgan fingerprint density at radius 2 is 1.32 bits per heavy atom. The predicted molar refractivity (Wildman–Crippen MR) is 151 cm³/mol. The molecule has 0 aliphatic heterocycles. The standard InChI is InChI=1S/C34H53F3O/c1-3-5-6-7-26-10-14-28(15-11-26)29-16-12-27(13-17-29)22-23-34(36,37)38-31-20-21-32(33(35)24-31)30-18-8-25(4-2)9-19-30/h20-21,24-30H,3-19,22-23H2,1-2H3. The lowest BCUT2D eigenvalue weighted by Gasteiger charge is -2.38. The van der Waals surface area contributed by atoms with Gasteiger partial charge in [-0.25, -0.2) is 4.39 Å².